The van der Waals surface area contributed by atoms with Crippen LogP contribution in [-0.4, -0.2) is 35.6 Å². The van der Waals surface area contributed by atoms with Gasteiger partial charge in [-0.25, -0.2) is 0 Å². The van der Waals surface area contributed by atoms with Crippen LogP contribution in [0, 0.1) is 5.92 Å². The summed E-state index contributed by atoms with van der Waals surface area (Å²) in [5, 5.41) is 3.52. The largest absolute Gasteiger partial charge is 0.316 e. The first kappa shape index (κ1) is 14.5. The molecule has 1 aliphatic heterocycles. The molecule has 0 spiro atoms. The van der Waals surface area contributed by atoms with Crippen LogP contribution in [0.1, 0.15) is 45.2 Å². The van der Waals surface area contributed by atoms with Crippen LogP contribution in [0.4, 0.5) is 0 Å². The third-order valence-electron chi connectivity index (χ3n) is 4.20. The number of hydrogen-bond acceptors (Lipinski definition) is 3. The van der Waals surface area contributed by atoms with Crippen LogP contribution in [0.3, 0.4) is 0 Å². The molecular weight excluding hydrogens is 234 g/mol. The van der Waals surface area contributed by atoms with Gasteiger partial charge in [-0.15, -0.1) is 0 Å². The molecule has 3 heteroatoms. The molecule has 2 atom stereocenters. The minimum absolute atomic E-state index is 0.440. The molecule has 2 unspecified atom stereocenters. The maximum absolute atomic E-state index is 4.26. The molecule has 1 aliphatic rings. The molecule has 0 radical (unpaired) electrons. The van der Waals surface area contributed by atoms with Crippen molar-refractivity contribution in [2.24, 2.45) is 5.92 Å². The van der Waals surface area contributed by atoms with E-state index < -0.39 is 0 Å². The zero-order valence-corrected chi connectivity index (χ0v) is 12.5. The maximum Gasteiger partial charge on any atom is 0.0337 e. The Balaban J connectivity index is 2.02. The fourth-order valence-corrected chi connectivity index (χ4v) is 3.01. The summed E-state index contributed by atoms with van der Waals surface area (Å²) in [5.74, 6) is 0.787. The quantitative estimate of drug-likeness (QED) is 0.883. The summed E-state index contributed by atoms with van der Waals surface area (Å²) in [4.78, 5) is 6.86. The molecule has 2 heterocycles. The zero-order chi connectivity index (χ0) is 13.7. The van der Waals surface area contributed by atoms with Gasteiger partial charge in [-0.05, 0) is 64.3 Å². The molecule has 0 amide bonds. The summed E-state index contributed by atoms with van der Waals surface area (Å²) in [6.45, 7) is 10.4. The lowest BCUT2D eigenvalue weighted by molar-refractivity contribution is 0.126. The molecule has 1 N–H and O–H groups in total. The summed E-state index contributed by atoms with van der Waals surface area (Å²) in [7, 11) is 0. The fraction of sp³-hybridized carbons (Fsp3) is 0.688. The van der Waals surface area contributed by atoms with E-state index in [1.165, 1.54) is 38.0 Å². The second kappa shape index (κ2) is 7.01. The molecule has 2 rings (SSSR count). The molecule has 0 bridgehead atoms. The molecule has 106 valence electrons. The van der Waals surface area contributed by atoms with Crippen molar-refractivity contribution >= 4 is 0 Å². The van der Waals surface area contributed by atoms with Gasteiger partial charge in [-0.2, -0.15) is 0 Å². The van der Waals surface area contributed by atoms with Gasteiger partial charge in [0, 0.05) is 31.0 Å². The smallest absolute Gasteiger partial charge is 0.0337 e. The van der Waals surface area contributed by atoms with E-state index in [0.29, 0.717) is 12.1 Å². The van der Waals surface area contributed by atoms with Gasteiger partial charge in [-0.1, -0.05) is 6.07 Å². The molecule has 0 saturated carbocycles. The van der Waals surface area contributed by atoms with Crippen molar-refractivity contribution in [1.29, 1.82) is 0 Å². The van der Waals surface area contributed by atoms with Gasteiger partial charge >= 0.3 is 0 Å². The standard InChI is InChI=1S/C16H27N3/c1-13(2)19(12-15-6-4-8-17-10-15)14(3)16-7-5-9-18-11-16/h5,7,9,11,13-15,17H,4,6,8,10,12H2,1-3H3. The summed E-state index contributed by atoms with van der Waals surface area (Å²) in [6.07, 6.45) is 6.52. The SMILES string of the molecule is CC(C)N(CC1CCCNC1)C(C)c1cccnc1. The van der Waals surface area contributed by atoms with Crippen LogP contribution in [-0.2, 0) is 0 Å². The number of rotatable bonds is 5. The normalized spacial score (nSPS) is 21.8. The number of hydrogen-bond donors (Lipinski definition) is 1. The van der Waals surface area contributed by atoms with Crippen molar-refractivity contribution in [3.63, 3.8) is 0 Å². The molecule has 19 heavy (non-hydrogen) atoms. The summed E-state index contributed by atoms with van der Waals surface area (Å²) < 4.78 is 0. The van der Waals surface area contributed by atoms with E-state index in [2.05, 4.69) is 42.0 Å². The van der Waals surface area contributed by atoms with Gasteiger partial charge in [0.2, 0.25) is 0 Å². The Morgan fingerprint density at radius 1 is 1.42 bits per heavy atom. The summed E-state index contributed by atoms with van der Waals surface area (Å²) in [6, 6.07) is 5.23. The number of nitrogens with one attached hydrogen (secondary N) is 1. The van der Waals surface area contributed by atoms with Crippen molar-refractivity contribution in [2.45, 2.75) is 45.7 Å². The lowest BCUT2D eigenvalue weighted by atomic mass is 9.97. The summed E-state index contributed by atoms with van der Waals surface area (Å²) in [5.41, 5.74) is 1.32. The van der Waals surface area contributed by atoms with Crippen LogP contribution >= 0.6 is 0 Å². The molecule has 1 aromatic heterocycles. The van der Waals surface area contributed by atoms with Crippen LogP contribution in [0.25, 0.3) is 0 Å². The molecule has 3 nitrogen and oxygen atoms in total. The first-order valence-electron chi connectivity index (χ1n) is 7.55. The number of piperidine rings is 1. The van der Waals surface area contributed by atoms with Gasteiger partial charge in [0.1, 0.15) is 0 Å². The second-order valence-corrected chi connectivity index (χ2v) is 5.97. The zero-order valence-electron chi connectivity index (χ0n) is 12.5. The third-order valence-corrected chi connectivity index (χ3v) is 4.20. The highest BCUT2D eigenvalue weighted by Gasteiger charge is 2.23. The second-order valence-electron chi connectivity index (χ2n) is 5.97. The van der Waals surface area contributed by atoms with Crippen LogP contribution in [0.2, 0.25) is 0 Å². The molecule has 1 fully saturated rings. The van der Waals surface area contributed by atoms with Crippen LogP contribution in [0.5, 0.6) is 0 Å². The van der Waals surface area contributed by atoms with E-state index in [9.17, 15) is 0 Å². The predicted octanol–water partition coefficient (Wildman–Crippen LogP) is 2.85. The Bertz CT molecular complexity index is 358. The van der Waals surface area contributed by atoms with Crippen molar-refractivity contribution in [3.8, 4) is 0 Å². The van der Waals surface area contributed by atoms with E-state index >= 15 is 0 Å². The van der Waals surface area contributed by atoms with Crippen molar-refractivity contribution in [1.82, 2.24) is 15.2 Å². The monoisotopic (exact) mass is 261 g/mol. The Morgan fingerprint density at radius 3 is 2.84 bits per heavy atom. The molecule has 1 saturated heterocycles. The van der Waals surface area contributed by atoms with Gasteiger partial charge in [0.15, 0.2) is 0 Å². The average Bonchev–Trinajstić information content (AvgIpc) is 2.46. The first-order valence-corrected chi connectivity index (χ1v) is 7.55. The van der Waals surface area contributed by atoms with Gasteiger partial charge < -0.3 is 5.32 Å². The Labute approximate surface area is 117 Å². The Kier molecular flexibility index (Phi) is 5.34. The lowest BCUT2D eigenvalue weighted by Crippen LogP contribution is -2.42. The van der Waals surface area contributed by atoms with Crippen molar-refractivity contribution in [3.05, 3.63) is 30.1 Å². The third kappa shape index (κ3) is 4.02. The minimum Gasteiger partial charge on any atom is -0.316 e. The van der Waals surface area contributed by atoms with E-state index in [1.54, 1.807) is 0 Å². The molecular formula is C16H27N3. The topological polar surface area (TPSA) is 28.2 Å². The Hall–Kier alpha value is -0.930. The first-order chi connectivity index (χ1) is 9.18. The summed E-state index contributed by atoms with van der Waals surface area (Å²) >= 11 is 0. The molecule has 0 aromatic carbocycles. The van der Waals surface area contributed by atoms with E-state index in [1.807, 2.05) is 18.5 Å². The Morgan fingerprint density at radius 2 is 2.26 bits per heavy atom. The number of nitrogens with zero attached hydrogens (tertiary/aromatic N) is 2. The molecule has 0 aliphatic carbocycles. The highest BCUT2D eigenvalue weighted by Crippen LogP contribution is 2.24. The van der Waals surface area contributed by atoms with E-state index in [0.717, 1.165) is 5.92 Å². The van der Waals surface area contributed by atoms with E-state index in [4.69, 9.17) is 0 Å². The highest BCUT2D eigenvalue weighted by atomic mass is 15.2. The predicted molar refractivity (Wildman–Crippen MR) is 80.1 cm³/mol. The number of aromatic nitrogens is 1. The van der Waals surface area contributed by atoms with Crippen molar-refractivity contribution < 1.29 is 0 Å². The van der Waals surface area contributed by atoms with Gasteiger partial charge in [-0.3, -0.25) is 9.88 Å². The molecule has 1 aromatic rings. The van der Waals surface area contributed by atoms with Crippen LogP contribution in [0.15, 0.2) is 24.5 Å². The van der Waals surface area contributed by atoms with Gasteiger partial charge in [0.05, 0.1) is 0 Å². The lowest BCUT2D eigenvalue weighted by Gasteiger charge is -2.37. The van der Waals surface area contributed by atoms with E-state index in [-0.39, 0.29) is 0 Å². The minimum atomic E-state index is 0.440. The average molecular weight is 261 g/mol. The fourth-order valence-electron chi connectivity index (χ4n) is 3.01. The van der Waals surface area contributed by atoms with Crippen molar-refractivity contribution in [2.75, 3.05) is 19.6 Å². The highest BCUT2D eigenvalue weighted by molar-refractivity contribution is 5.13. The van der Waals surface area contributed by atoms with Crippen LogP contribution < -0.4 is 5.32 Å². The maximum atomic E-state index is 4.26. The van der Waals surface area contributed by atoms with Gasteiger partial charge in [0.25, 0.3) is 0 Å². The number of pyridine rings is 1.